The highest BCUT2D eigenvalue weighted by molar-refractivity contribution is 6.33. The van der Waals surface area contributed by atoms with Gasteiger partial charge in [-0.3, -0.25) is 9.48 Å². The molecule has 1 N–H and O–H groups in total. The third-order valence-corrected chi connectivity index (χ3v) is 4.58. The number of alkyl halides is 3. The van der Waals surface area contributed by atoms with E-state index in [-0.39, 0.29) is 11.4 Å². The second-order valence-electron chi connectivity index (χ2n) is 6.19. The standard InChI is InChI=1S/C19H13Cl2F3N4O3/c20-14-4-2-1-3-11(14)8-28-9-12(6-26-28)18(30)31-10-16(29)27-17-15(21)5-13(7-25-17)19(22,23)24/h1-7,9H,8,10H2,(H,25,27,29). The zero-order chi connectivity index (χ0) is 22.6. The molecule has 0 saturated carbocycles. The number of amides is 1. The molecule has 0 unspecified atom stereocenters. The third-order valence-electron chi connectivity index (χ3n) is 3.92. The summed E-state index contributed by atoms with van der Waals surface area (Å²) in [5, 5.41) is 6.37. The van der Waals surface area contributed by atoms with Crippen LogP contribution in [0.3, 0.4) is 0 Å². The molecule has 0 saturated heterocycles. The van der Waals surface area contributed by atoms with Crippen LogP contribution >= 0.6 is 23.2 Å². The number of ether oxygens (including phenoxy) is 1. The van der Waals surface area contributed by atoms with Crippen molar-refractivity contribution in [2.24, 2.45) is 0 Å². The average molecular weight is 473 g/mol. The topological polar surface area (TPSA) is 86.1 Å². The largest absolute Gasteiger partial charge is 0.452 e. The highest BCUT2D eigenvalue weighted by atomic mass is 35.5. The summed E-state index contributed by atoms with van der Waals surface area (Å²) in [7, 11) is 0. The molecular formula is C19H13Cl2F3N4O3. The molecule has 0 fully saturated rings. The highest BCUT2D eigenvalue weighted by Crippen LogP contribution is 2.32. The Morgan fingerprint density at radius 1 is 1.13 bits per heavy atom. The number of halogens is 5. The van der Waals surface area contributed by atoms with Gasteiger partial charge in [0.15, 0.2) is 12.4 Å². The maximum Gasteiger partial charge on any atom is 0.417 e. The number of hydrogen-bond acceptors (Lipinski definition) is 5. The minimum absolute atomic E-state index is 0.102. The molecule has 0 spiro atoms. The molecule has 0 aliphatic rings. The first-order valence-electron chi connectivity index (χ1n) is 8.59. The van der Waals surface area contributed by atoms with E-state index in [0.717, 1.165) is 5.56 Å². The molecule has 2 aromatic heterocycles. The molecule has 0 atom stereocenters. The van der Waals surface area contributed by atoms with Gasteiger partial charge in [-0.15, -0.1) is 0 Å². The van der Waals surface area contributed by atoms with Gasteiger partial charge in [-0.25, -0.2) is 9.78 Å². The van der Waals surface area contributed by atoms with Crippen LogP contribution in [0.25, 0.3) is 0 Å². The summed E-state index contributed by atoms with van der Waals surface area (Å²) in [4.78, 5) is 27.5. The lowest BCUT2D eigenvalue weighted by Crippen LogP contribution is -2.21. The fraction of sp³-hybridized carbons (Fsp3) is 0.158. The van der Waals surface area contributed by atoms with Crippen molar-refractivity contribution in [2.75, 3.05) is 11.9 Å². The maximum absolute atomic E-state index is 12.6. The van der Waals surface area contributed by atoms with E-state index in [9.17, 15) is 22.8 Å². The van der Waals surface area contributed by atoms with Crippen molar-refractivity contribution in [1.82, 2.24) is 14.8 Å². The first kappa shape index (κ1) is 22.6. The molecular weight excluding hydrogens is 460 g/mol. The number of nitrogens with one attached hydrogen (secondary N) is 1. The van der Waals surface area contributed by atoms with Crippen LogP contribution in [-0.4, -0.2) is 33.2 Å². The monoisotopic (exact) mass is 472 g/mol. The lowest BCUT2D eigenvalue weighted by Gasteiger charge is -2.10. The second-order valence-corrected chi connectivity index (χ2v) is 7.01. The second kappa shape index (κ2) is 9.36. The van der Waals surface area contributed by atoms with Gasteiger partial charge in [-0.2, -0.15) is 18.3 Å². The van der Waals surface area contributed by atoms with Crippen LogP contribution < -0.4 is 5.32 Å². The molecule has 0 aliphatic carbocycles. The maximum atomic E-state index is 12.6. The zero-order valence-electron chi connectivity index (χ0n) is 15.5. The normalized spacial score (nSPS) is 11.3. The lowest BCUT2D eigenvalue weighted by atomic mass is 10.2. The molecule has 1 amide bonds. The van der Waals surface area contributed by atoms with Crippen LogP contribution in [0, 0.1) is 0 Å². The van der Waals surface area contributed by atoms with Gasteiger partial charge in [0.2, 0.25) is 0 Å². The minimum Gasteiger partial charge on any atom is -0.452 e. The van der Waals surface area contributed by atoms with Gasteiger partial charge >= 0.3 is 12.1 Å². The summed E-state index contributed by atoms with van der Waals surface area (Å²) >= 11 is 11.8. The van der Waals surface area contributed by atoms with E-state index in [4.69, 9.17) is 27.9 Å². The molecule has 7 nitrogen and oxygen atoms in total. The van der Waals surface area contributed by atoms with E-state index >= 15 is 0 Å². The van der Waals surface area contributed by atoms with Crippen molar-refractivity contribution in [1.29, 1.82) is 0 Å². The van der Waals surface area contributed by atoms with E-state index in [1.54, 1.807) is 12.1 Å². The zero-order valence-corrected chi connectivity index (χ0v) is 17.0. The fourth-order valence-corrected chi connectivity index (χ4v) is 2.83. The molecule has 162 valence electrons. The Balaban J connectivity index is 1.54. The summed E-state index contributed by atoms with van der Waals surface area (Å²) in [6, 6.07) is 7.77. The SMILES string of the molecule is O=C(COC(=O)c1cnn(Cc2ccccc2Cl)c1)Nc1ncc(C(F)(F)F)cc1Cl. The van der Waals surface area contributed by atoms with Crippen LogP contribution in [0.2, 0.25) is 10.0 Å². The first-order valence-corrected chi connectivity index (χ1v) is 9.34. The van der Waals surface area contributed by atoms with E-state index in [2.05, 4.69) is 15.4 Å². The minimum atomic E-state index is -4.62. The summed E-state index contributed by atoms with van der Waals surface area (Å²) in [6.45, 7) is -0.376. The van der Waals surface area contributed by atoms with E-state index in [0.29, 0.717) is 23.8 Å². The predicted octanol–water partition coefficient (Wildman–Crippen LogP) is 4.45. The van der Waals surface area contributed by atoms with Crippen LogP contribution in [0.1, 0.15) is 21.5 Å². The number of esters is 1. The lowest BCUT2D eigenvalue weighted by molar-refractivity contribution is -0.137. The number of carbonyl (C=O) groups is 2. The number of nitrogens with zero attached hydrogens (tertiary/aromatic N) is 3. The van der Waals surface area contributed by atoms with E-state index in [1.807, 2.05) is 12.1 Å². The van der Waals surface area contributed by atoms with E-state index < -0.39 is 35.2 Å². The summed E-state index contributed by atoms with van der Waals surface area (Å²) in [6.07, 6.45) is -1.39. The van der Waals surface area contributed by atoms with Gasteiger partial charge in [0, 0.05) is 17.4 Å². The molecule has 0 bridgehead atoms. The molecule has 2 heterocycles. The van der Waals surface area contributed by atoms with Gasteiger partial charge < -0.3 is 10.1 Å². The number of carbonyl (C=O) groups excluding carboxylic acids is 2. The highest BCUT2D eigenvalue weighted by Gasteiger charge is 2.31. The Bertz CT molecular complexity index is 1120. The van der Waals surface area contributed by atoms with Gasteiger partial charge in [0.1, 0.15) is 0 Å². The van der Waals surface area contributed by atoms with E-state index in [1.165, 1.54) is 17.1 Å². The molecule has 3 rings (SSSR count). The fourth-order valence-electron chi connectivity index (χ4n) is 2.42. The molecule has 3 aromatic rings. The van der Waals surface area contributed by atoms with Crippen molar-refractivity contribution >= 4 is 40.9 Å². The molecule has 0 aliphatic heterocycles. The van der Waals surface area contributed by atoms with Crippen LogP contribution in [0.5, 0.6) is 0 Å². The van der Waals surface area contributed by atoms with Gasteiger partial charge in [0.25, 0.3) is 5.91 Å². The quantitative estimate of drug-likeness (QED) is 0.535. The Labute approximate surface area is 183 Å². The summed E-state index contributed by atoms with van der Waals surface area (Å²) in [5.74, 6) is -1.93. The number of aromatic nitrogens is 3. The van der Waals surface area contributed by atoms with Gasteiger partial charge in [-0.05, 0) is 17.7 Å². The molecule has 0 radical (unpaired) electrons. The van der Waals surface area contributed by atoms with Crippen molar-refractivity contribution in [3.8, 4) is 0 Å². The predicted molar refractivity (Wildman–Crippen MR) is 106 cm³/mol. The smallest absolute Gasteiger partial charge is 0.417 e. The number of anilines is 1. The molecule has 31 heavy (non-hydrogen) atoms. The number of hydrogen-bond donors (Lipinski definition) is 1. The number of rotatable bonds is 6. The van der Waals surface area contributed by atoms with Crippen LogP contribution in [0.15, 0.2) is 48.9 Å². The van der Waals surface area contributed by atoms with Crippen molar-refractivity contribution in [3.05, 3.63) is 75.7 Å². The van der Waals surface area contributed by atoms with Crippen molar-refractivity contribution in [3.63, 3.8) is 0 Å². The Morgan fingerprint density at radius 2 is 1.87 bits per heavy atom. The van der Waals surface area contributed by atoms with Crippen molar-refractivity contribution in [2.45, 2.75) is 12.7 Å². The van der Waals surface area contributed by atoms with Gasteiger partial charge in [-0.1, -0.05) is 41.4 Å². The summed E-state index contributed by atoms with van der Waals surface area (Å²) < 4.78 is 44.2. The van der Waals surface area contributed by atoms with Crippen LogP contribution in [0.4, 0.5) is 19.0 Å². The van der Waals surface area contributed by atoms with Crippen molar-refractivity contribution < 1.29 is 27.5 Å². The van der Waals surface area contributed by atoms with Gasteiger partial charge in [0.05, 0.1) is 28.9 Å². The Kier molecular flexibility index (Phi) is 6.81. The number of benzene rings is 1. The number of pyridine rings is 1. The average Bonchev–Trinajstić information content (AvgIpc) is 3.17. The first-order chi connectivity index (χ1) is 14.6. The summed E-state index contributed by atoms with van der Waals surface area (Å²) in [5.41, 5.74) is -0.159. The third kappa shape index (κ3) is 5.96. The molecule has 12 heteroatoms. The molecule has 1 aromatic carbocycles. The Hall–Kier alpha value is -3.11. The van der Waals surface area contributed by atoms with Crippen LogP contribution in [-0.2, 0) is 22.3 Å². The Morgan fingerprint density at radius 3 is 2.55 bits per heavy atom.